The van der Waals surface area contributed by atoms with Gasteiger partial charge in [-0.05, 0) is 12.1 Å². The number of aldehydes is 1. The highest BCUT2D eigenvalue weighted by Gasteiger charge is 2.37. The molecule has 1 aromatic heterocycles. The van der Waals surface area contributed by atoms with Crippen molar-refractivity contribution in [1.29, 1.82) is 0 Å². The van der Waals surface area contributed by atoms with Gasteiger partial charge in [0.25, 0.3) is 0 Å². The molecule has 0 saturated carbocycles. The van der Waals surface area contributed by atoms with Crippen LogP contribution in [0.4, 0.5) is 13.2 Å². The second kappa shape index (κ2) is 4.04. The normalized spacial score (nSPS) is 11.5. The molecular formula is C11H7F3N2O. The molecule has 6 heteroatoms. The average Bonchev–Trinajstić information content (AvgIpc) is 2.73. The molecule has 3 nitrogen and oxygen atoms in total. The number of carbonyl (C=O) groups is 1. The highest BCUT2D eigenvalue weighted by atomic mass is 19.4. The van der Waals surface area contributed by atoms with Gasteiger partial charge in [0, 0.05) is 5.69 Å². The van der Waals surface area contributed by atoms with E-state index in [9.17, 15) is 18.0 Å². The summed E-state index contributed by atoms with van der Waals surface area (Å²) >= 11 is 0. The molecular weight excluding hydrogens is 233 g/mol. The molecule has 0 aliphatic carbocycles. The van der Waals surface area contributed by atoms with Crippen LogP contribution in [-0.4, -0.2) is 15.8 Å². The van der Waals surface area contributed by atoms with Gasteiger partial charge in [-0.25, -0.2) is 4.98 Å². The minimum Gasteiger partial charge on any atom is -0.296 e. The lowest BCUT2D eigenvalue weighted by Gasteiger charge is -2.11. The van der Waals surface area contributed by atoms with Gasteiger partial charge in [0.05, 0.1) is 6.20 Å². The van der Waals surface area contributed by atoms with Crippen LogP contribution < -0.4 is 0 Å². The lowest BCUT2D eigenvalue weighted by molar-refractivity contribution is -0.145. The van der Waals surface area contributed by atoms with Gasteiger partial charge in [-0.15, -0.1) is 0 Å². The van der Waals surface area contributed by atoms with Crippen LogP contribution in [0.25, 0.3) is 5.69 Å². The van der Waals surface area contributed by atoms with E-state index in [1.807, 2.05) is 0 Å². The Kier molecular flexibility index (Phi) is 2.71. The van der Waals surface area contributed by atoms with Crippen LogP contribution >= 0.6 is 0 Å². The molecule has 0 amide bonds. The van der Waals surface area contributed by atoms with E-state index in [0.29, 0.717) is 6.29 Å². The van der Waals surface area contributed by atoms with Gasteiger partial charge in [-0.2, -0.15) is 13.2 Å². The second-order valence-electron chi connectivity index (χ2n) is 3.29. The smallest absolute Gasteiger partial charge is 0.296 e. The molecule has 1 heterocycles. The lowest BCUT2D eigenvalue weighted by Crippen LogP contribution is -2.15. The van der Waals surface area contributed by atoms with E-state index in [4.69, 9.17) is 0 Å². The molecule has 0 bridgehead atoms. The summed E-state index contributed by atoms with van der Waals surface area (Å²) in [4.78, 5) is 14.0. The van der Waals surface area contributed by atoms with E-state index in [1.165, 1.54) is 12.1 Å². The maximum Gasteiger partial charge on any atom is 0.450 e. The van der Waals surface area contributed by atoms with Gasteiger partial charge in [0.2, 0.25) is 5.82 Å². The summed E-state index contributed by atoms with van der Waals surface area (Å²) in [6.45, 7) is 0. The first-order valence-electron chi connectivity index (χ1n) is 4.69. The van der Waals surface area contributed by atoms with Crippen LogP contribution in [0, 0.1) is 0 Å². The van der Waals surface area contributed by atoms with Crippen molar-refractivity contribution in [2.45, 2.75) is 6.18 Å². The minimum atomic E-state index is -4.60. The quantitative estimate of drug-likeness (QED) is 0.756. The van der Waals surface area contributed by atoms with E-state index in [2.05, 4.69) is 4.98 Å². The molecule has 88 valence electrons. The van der Waals surface area contributed by atoms with Gasteiger partial charge in [-0.3, -0.25) is 9.36 Å². The molecule has 0 aliphatic heterocycles. The molecule has 0 fully saturated rings. The first kappa shape index (κ1) is 11.4. The van der Waals surface area contributed by atoms with Crippen molar-refractivity contribution in [2.24, 2.45) is 0 Å². The van der Waals surface area contributed by atoms with Crippen molar-refractivity contribution < 1.29 is 18.0 Å². The molecule has 2 rings (SSSR count). The Bertz CT molecular complexity index is 531. The topological polar surface area (TPSA) is 34.9 Å². The third-order valence-corrected chi connectivity index (χ3v) is 2.18. The summed E-state index contributed by atoms with van der Waals surface area (Å²) in [6, 6.07) is 7.80. The van der Waals surface area contributed by atoms with Gasteiger partial charge < -0.3 is 0 Å². The average molecular weight is 240 g/mol. The van der Waals surface area contributed by atoms with Crippen LogP contribution in [0.15, 0.2) is 36.5 Å². The zero-order chi connectivity index (χ0) is 12.5. The van der Waals surface area contributed by atoms with E-state index >= 15 is 0 Å². The number of nitrogens with zero attached hydrogens (tertiary/aromatic N) is 2. The summed E-state index contributed by atoms with van der Waals surface area (Å²) in [7, 11) is 0. The number of para-hydroxylation sites is 1. The second-order valence-corrected chi connectivity index (χ2v) is 3.29. The number of benzene rings is 1. The molecule has 0 unspecified atom stereocenters. The van der Waals surface area contributed by atoms with E-state index < -0.39 is 12.0 Å². The predicted octanol–water partition coefficient (Wildman–Crippen LogP) is 2.70. The van der Waals surface area contributed by atoms with Crippen LogP contribution in [0.2, 0.25) is 0 Å². The van der Waals surface area contributed by atoms with Crippen molar-refractivity contribution in [3.63, 3.8) is 0 Å². The molecule has 0 radical (unpaired) electrons. The number of imidazole rings is 1. The Labute approximate surface area is 94.5 Å². The Hall–Kier alpha value is -2.11. The molecule has 0 spiro atoms. The molecule has 0 saturated heterocycles. The summed E-state index contributed by atoms with van der Waals surface area (Å²) < 4.78 is 38.8. The Morgan fingerprint density at radius 3 is 2.35 bits per heavy atom. The Balaban J connectivity index is 2.66. The SMILES string of the molecule is O=Cc1cnc(C(F)(F)F)n1-c1ccccc1. The van der Waals surface area contributed by atoms with E-state index in [-0.39, 0.29) is 11.4 Å². The van der Waals surface area contributed by atoms with Crippen LogP contribution in [0.3, 0.4) is 0 Å². The van der Waals surface area contributed by atoms with Crippen LogP contribution in [-0.2, 0) is 6.18 Å². The van der Waals surface area contributed by atoms with E-state index in [1.54, 1.807) is 18.2 Å². The van der Waals surface area contributed by atoms with Crippen LogP contribution in [0.5, 0.6) is 0 Å². The number of hydrogen-bond donors (Lipinski definition) is 0. The highest BCUT2D eigenvalue weighted by Crippen LogP contribution is 2.30. The standard InChI is InChI=1S/C11H7F3N2O/c12-11(13,14)10-15-6-9(7-17)16(10)8-4-2-1-3-5-8/h1-7H. The summed E-state index contributed by atoms with van der Waals surface area (Å²) in [5.74, 6) is -1.11. The highest BCUT2D eigenvalue weighted by molar-refractivity contribution is 5.73. The fourth-order valence-corrected chi connectivity index (χ4v) is 1.50. The maximum absolute atomic E-state index is 12.7. The van der Waals surface area contributed by atoms with Gasteiger partial charge >= 0.3 is 6.18 Å². The molecule has 0 N–H and O–H groups in total. The first-order chi connectivity index (χ1) is 8.04. The van der Waals surface area contributed by atoms with Crippen molar-refractivity contribution >= 4 is 6.29 Å². The molecule has 17 heavy (non-hydrogen) atoms. The lowest BCUT2D eigenvalue weighted by atomic mass is 10.3. The minimum absolute atomic E-state index is 0.136. The molecule has 2 aromatic rings. The fourth-order valence-electron chi connectivity index (χ4n) is 1.50. The first-order valence-corrected chi connectivity index (χ1v) is 4.69. The monoisotopic (exact) mass is 240 g/mol. The largest absolute Gasteiger partial charge is 0.450 e. The molecule has 1 aromatic carbocycles. The summed E-state index contributed by atoms with van der Waals surface area (Å²) in [6.07, 6.45) is -3.35. The third kappa shape index (κ3) is 2.06. The van der Waals surface area contributed by atoms with Gasteiger partial charge in [0.1, 0.15) is 5.69 Å². The number of alkyl halides is 3. The van der Waals surface area contributed by atoms with Crippen molar-refractivity contribution in [3.05, 3.63) is 48.0 Å². The zero-order valence-electron chi connectivity index (χ0n) is 8.48. The summed E-state index contributed by atoms with van der Waals surface area (Å²) in [5.41, 5.74) is 0.114. The molecule has 0 aliphatic rings. The maximum atomic E-state index is 12.7. The number of aromatic nitrogens is 2. The Morgan fingerprint density at radius 1 is 1.18 bits per heavy atom. The summed E-state index contributed by atoms with van der Waals surface area (Å²) in [5, 5.41) is 0. The Morgan fingerprint density at radius 2 is 1.82 bits per heavy atom. The van der Waals surface area contributed by atoms with Crippen molar-refractivity contribution in [3.8, 4) is 5.69 Å². The van der Waals surface area contributed by atoms with Crippen LogP contribution in [0.1, 0.15) is 16.3 Å². The number of carbonyl (C=O) groups excluding carboxylic acids is 1. The zero-order valence-corrected chi connectivity index (χ0v) is 8.48. The van der Waals surface area contributed by atoms with Crippen molar-refractivity contribution in [1.82, 2.24) is 9.55 Å². The number of hydrogen-bond acceptors (Lipinski definition) is 2. The van der Waals surface area contributed by atoms with Gasteiger partial charge in [0.15, 0.2) is 6.29 Å². The van der Waals surface area contributed by atoms with E-state index in [0.717, 1.165) is 10.8 Å². The predicted molar refractivity (Wildman–Crippen MR) is 54.0 cm³/mol. The van der Waals surface area contributed by atoms with Gasteiger partial charge in [-0.1, -0.05) is 18.2 Å². The molecule has 0 atom stereocenters. The van der Waals surface area contributed by atoms with Crippen molar-refractivity contribution in [2.75, 3.05) is 0 Å². The third-order valence-electron chi connectivity index (χ3n) is 2.18. The number of halogens is 3. The number of rotatable bonds is 2. The fraction of sp³-hybridized carbons (Fsp3) is 0.0909.